The van der Waals surface area contributed by atoms with E-state index in [9.17, 15) is 0 Å². The van der Waals surface area contributed by atoms with E-state index < -0.39 is 0 Å². The minimum atomic E-state index is 0.817. The first kappa shape index (κ1) is 13.9. The smallest absolute Gasteiger partial charge is 0.0406 e. The molecule has 0 amide bonds. The molecule has 1 rings (SSSR count). The Morgan fingerprint density at radius 2 is 1.94 bits per heavy atom. The van der Waals surface area contributed by atoms with Gasteiger partial charge in [0.15, 0.2) is 0 Å². The minimum Gasteiger partial charge on any atom is -0.317 e. The topological polar surface area (TPSA) is 12.0 Å². The van der Waals surface area contributed by atoms with E-state index in [4.69, 9.17) is 11.6 Å². The lowest BCUT2D eigenvalue weighted by Crippen LogP contribution is -2.16. The third kappa shape index (κ3) is 6.41. The maximum atomic E-state index is 5.83. The summed E-state index contributed by atoms with van der Waals surface area (Å²) in [5, 5.41) is 4.23. The second-order valence-electron chi connectivity index (χ2n) is 3.78. The molecule has 0 heterocycles. The molecule has 1 nitrogen and oxygen atoms in total. The first-order chi connectivity index (χ1) is 7.83. The summed E-state index contributed by atoms with van der Waals surface area (Å²) in [4.78, 5) is 0. The third-order valence-corrected chi connectivity index (χ3v) is 3.62. The van der Waals surface area contributed by atoms with Gasteiger partial charge in [-0.2, -0.15) is 11.8 Å². The van der Waals surface area contributed by atoms with Gasteiger partial charge in [0.25, 0.3) is 0 Å². The monoisotopic (exact) mass is 257 g/mol. The first-order valence-electron chi connectivity index (χ1n) is 5.86. The number of halogens is 1. The van der Waals surface area contributed by atoms with Crippen molar-refractivity contribution in [3.05, 3.63) is 34.9 Å². The summed E-state index contributed by atoms with van der Waals surface area (Å²) < 4.78 is 0. The van der Waals surface area contributed by atoms with Crippen LogP contribution in [0.25, 0.3) is 0 Å². The molecule has 0 aromatic heterocycles. The molecule has 1 aromatic carbocycles. The largest absolute Gasteiger partial charge is 0.317 e. The minimum absolute atomic E-state index is 0.817. The Labute approximate surface area is 108 Å². The molecule has 3 heteroatoms. The molecule has 0 radical (unpaired) electrons. The van der Waals surface area contributed by atoms with E-state index in [1.807, 2.05) is 23.9 Å². The lowest BCUT2D eigenvalue weighted by atomic mass is 10.2. The van der Waals surface area contributed by atoms with E-state index in [2.05, 4.69) is 24.4 Å². The lowest BCUT2D eigenvalue weighted by molar-refractivity contribution is 0.664. The highest BCUT2D eigenvalue weighted by Crippen LogP contribution is 2.15. The molecular formula is C13H20ClNS. The second kappa shape index (κ2) is 8.91. The number of benzene rings is 1. The summed E-state index contributed by atoms with van der Waals surface area (Å²) in [5.41, 5.74) is 1.36. The van der Waals surface area contributed by atoms with E-state index in [1.165, 1.54) is 24.2 Å². The average Bonchev–Trinajstić information content (AvgIpc) is 2.30. The quantitative estimate of drug-likeness (QED) is 0.708. The first-order valence-corrected chi connectivity index (χ1v) is 7.39. The van der Waals surface area contributed by atoms with Gasteiger partial charge in [0, 0.05) is 10.8 Å². The van der Waals surface area contributed by atoms with E-state index in [-0.39, 0.29) is 0 Å². The molecule has 0 saturated heterocycles. The zero-order valence-corrected chi connectivity index (χ0v) is 11.4. The number of thioether (sulfide) groups is 1. The van der Waals surface area contributed by atoms with Crippen molar-refractivity contribution in [1.29, 1.82) is 0 Å². The number of hydrogen-bond donors (Lipinski definition) is 1. The van der Waals surface area contributed by atoms with Crippen LogP contribution in [0.15, 0.2) is 24.3 Å². The van der Waals surface area contributed by atoms with Gasteiger partial charge in [0.2, 0.25) is 0 Å². The van der Waals surface area contributed by atoms with Crippen LogP contribution in [0, 0.1) is 0 Å². The molecule has 0 unspecified atom stereocenters. The molecule has 90 valence electrons. The van der Waals surface area contributed by atoms with Gasteiger partial charge in [-0.1, -0.05) is 30.7 Å². The van der Waals surface area contributed by atoms with E-state index in [0.29, 0.717) is 0 Å². The fourth-order valence-electron chi connectivity index (χ4n) is 1.37. The Morgan fingerprint density at radius 1 is 1.19 bits per heavy atom. The number of nitrogens with one attached hydrogen (secondary N) is 1. The molecule has 0 bridgehead atoms. The maximum absolute atomic E-state index is 5.83. The fourth-order valence-corrected chi connectivity index (χ4v) is 2.42. The van der Waals surface area contributed by atoms with Crippen molar-refractivity contribution in [2.45, 2.75) is 25.5 Å². The predicted molar refractivity (Wildman–Crippen MR) is 75.4 cm³/mol. The van der Waals surface area contributed by atoms with Gasteiger partial charge in [0.1, 0.15) is 0 Å². The second-order valence-corrected chi connectivity index (χ2v) is 5.32. The van der Waals surface area contributed by atoms with E-state index >= 15 is 0 Å². The molecule has 0 aliphatic heterocycles. The van der Waals surface area contributed by atoms with Gasteiger partial charge < -0.3 is 5.32 Å². The lowest BCUT2D eigenvalue weighted by Gasteiger charge is -2.03. The van der Waals surface area contributed by atoms with Crippen LogP contribution in [-0.2, 0) is 5.75 Å². The van der Waals surface area contributed by atoms with Crippen molar-refractivity contribution < 1.29 is 0 Å². The molecule has 0 spiro atoms. The van der Waals surface area contributed by atoms with Crippen molar-refractivity contribution in [2.24, 2.45) is 0 Å². The van der Waals surface area contributed by atoms with E-state index in [1.54, 1.807) is 0 Å². The summed E-state index contributed by atoms with van der Waals surface area (Å²) in [5.74, 6) is 2.31. The average molecular weight is 258 g/mol. The normalized spacial score (nSPS) is 10.6. The zero-order valence-electron chi connectivity index (χ0n) is 9.84. The van der Waals surface area contributed by atoms with Crippen LogP contribution < -0.4 is 5.32 Å². The predicted octanol–water partition coefficient (Wildman–Crippen LogP) is 3.96. The van der Waals surface area contributed by atoms with Gasteiger partial charge in [0.05, 0.1) is 0 Å². The fraction of sp³-hybridized carbons (Fsp3) is 0.538. The maximum Gasteiger partial charge on any atom is 0.0406 e. The van der Waals surface area contributed by atoms with Crippen LogP contribution >= 0.6 is 23.4 Å². The van der Waals surface area contributed by atoms with Crippen molar-refractivity contribution in [2.75, 3.05) is 18.8 Å². The molecule has 0 atom stereocenters. The highest BCUT2D eigenvalue weighted by atomic mass is 35.5. The van der Waals surface area contributed by atoms with Gasteiger partial charge in [-0.3, -0.25) is 0 Å². The summed E-state index contributed by atoms with van der Waals surface area (Å²) in [6, 6.07) is 8.12. The summed E-state index contributed by atoms with van der Waals surface area (Å²) in [6.45, 7) is 4.48. The van der Waals surface area contributed by atoms with Crippen molar-refractivity contribution >= 4 is 23.4 Å². The summed E-state index contributed by atoms with van der Waals surface area (Å²) >= 11 is 7.82. The Balaban J connectivity index is 2.01. The van der Waals surface area contributed by atoms with Gasteiger partial charge in [-0.15, -0.1) is 0 Å². The van der Waals surface area contributed by atoms with Crippen LogP contribution in [0.3, 0.4) is 0 Å². The summed E-state index contributed by atoms with van der Waals surface area (Å²) in [6.07, 6.45) is 2.47. The Morgan fingerprint density at radius 3 is 2.62 bits per heavy atom. The Hall–Kier alpha value is -0.180. The Kier molecular flexibility index (Phi) is 7.73. The molecule has 0 fully saturated rings. The van der Waals surface area contributed by atoms with Gasteiger partial charge in [-0.05, 0) is 49.4 Å². The van der Waals surface area contributed by atoms with E-state index in [0.717, 1.165) is 23.9 Å². The number of hydrogen-bond acceptors (Lipinski definition) is 2. The van der Waals surface area contributed by atoms with Crippen LogP contribution in [0.5, 0.6) is 0 Å². The zero-order chi connectivity index (χ0) is 11.6. The van der Waals surface area contributed by atoms with Crippen LogP contribution in [0.4, 0.5) is 0 Å². The molecule has 0 aliphatic rings. The SMILES string of the molecule is CCCNCCCSCc1ccc(Cl)cc1. The Bertz CT molecular complexity index is 274. The molecule has 0 aliphatic carbocycles. The highest BCUT2D eigenvalue weighted by Gasteiger charge is 1.94. The molecular weight excluding hydrogens is 238 g/mol. The van der Waals surface area contributed by atoms with Gasteiger partial charge in [-0.25, -0.2) is 0 Å². The van der Waals surface area contributed by atoms with Crippen molar-refractivity contribution in [3.8, 4) is 0 Å². The van der Waals surface area contributed by atoms with Crippen LogP contribution in [0.2, 0.25) is 5.02 Å². The van der Waals surface area contributed by atoms with Crippen molar-refractivity contribution in [1.82, 2.24) is 5.32 Å². The van der Waals surface area contributed by atoms with Crippen molar-refractivity contribution in [3.63, 3.8) is 0 Å². The van der Waals surface area contributed by atoms with Crippen LogP contribution in [-0.4, -0.2) is 18.8 Å². The molecule has 0 saturated carbocycles. The summed E-state index contributed by atoms with van der Waals surface area (Å²) in [7, 11) is 0. The molecule has 1 aromatic rings. The number of rotatable bonds is 8. The van der Waals surface area contributed by atoms with Gasteiger partial charge >= 0.3 is 0 Å². The highest BCUT2D eigenvalue weighted by molar-refractivity contribution is 7.98. The van der Waals surface area contributed by atoms with Crippen LogP contribution in [0.1, 0.15) is 25.3 Å². The molecule has 16 heavy (non-hydrogen) atoms. The third-order valence-electron chi connectivity index (χ3n) is 2.25. The standard InChI is InChI=1S/C13H20ClNS/c1-2-8-15-9-3-10-16-11-12-4-6-13(14)7-5-12/h4-7,15H,2-3,8-11H2,1H3. The molecule has 1 N–H and O–H groups in total.